The first kappa shape index (κ1) is 16.7. The number of likely N-dealkylation sites (N-methyl/N-ethyl adjacent to an activating group) is 1. The van der Waals surface area contributed by atoms with E-state index in [-0.39, 0.29) is 5.91 Å². The highest BCUT2D eigenvalue weighted by molar-refractivity contribution is 5.96. The van der Waals surface area contributed by atoms with Crippen molar-refractivity contribution in [3.05, 3.63) is 54.6 Å². The van der Waals surface area contributed by atoms with Crippen molar-refractivity contribution >= 4 is 11.6 Å². The molecule has 0 aliphatic carbocycles. The number of hydrogen-bond donors (Lipinski definition) is 2. The minimum Gasteiger partial charge on any atom is -0.324 e. The third-order valence-corrected chi connectivity index (χ3v) is 4.57. The lowest BCUT2D eigenvalue weighted by Crippen LogP contribution is -2.46. The molecule has 0 aromatic heterocycles. The lowest BCUT2D eigenvalue weighted by molar-refractivity contribution is -0.117. The molecule has 1 unspecified atom stereocenters. The van der Waals surface area contributed by atoms with E-state index in [0.717, 1.165) is 36.3 Å². The molecule has 4 nitrogen and oxygen atoms in total. The Hall–Kier alpha value is -2.17. The maximum Gasteiger partial charge on any atom is 0.238 e. The number of rotatable bonds is 5. The summed E-state index contributed by atoms with van der Waals surface area (Å²) in [4.78, 5) is 14.7. The van der Waals surface area contributed by atoms with Crippen LogP contribution >= 0.6 is 0 Å². The molecule has 1 aliphatic rings. The van der Waals surface area contributed by atoms with Crippen LogP contribution in [0.15, 0.2) is 54.6 Å². The second kappa shape index (κ2) is 8.08. The van der Waals surface area contributed by atoms with Gasteiger partial charge in [0.05, 0.1) is 6.54 Å². The number of nitrogens with zero attached hydrogens (tertiary/aromatic N) is 1. The van der Waals surface area contributed by atoms with Crippen LogP contribution in [0, 0.1) is 0 Å². The zero-order chi connectivity index (χ0) is 16.8. The SMILES string of the molecule is CNC1CCCN(CC(=O)Nc2ccccc2-c2ccccc2)C1. The predicted octanol–water partition coefficient (Wildman–Crippen LogP) is 2.98. The number of para-hydroxylation sites is 1. The third kappa shape index (κ3) is 4.22. The summed E-state index contributed by atoms with van der Waals surface area (Å²) in [7, 11) is 1.99. The second-order valence-electron chi connectivity index (χ2n) is 6.32. The van der Waals surface area contributed by atoms with Crippen molar-refractivity contribution in [1.29, 1.82) is 0 Å². The minimum absolute atomic E-state index is 0.0511. The third-order valence-electron chi connectivity index (χ3n) is 4.57. The molecule has 0 bridgehead atoms. The van der Waals surface area contributed by atoms with Gasteiger partial charge in [-0.15, -0.1) is 0 Å². The maximum atomic E-state index is 12.5. The number of anilines is 1. The summed E-state index contributed by atoms with van der Waals surface area (Å²) in [5.74, 6) is 0.0511. The van der Waals surface area contributed by atoms with Crippen LogP contribution in [0.1, 0.15) is 12.8 Å². The maximum absolute atomic E-state index is 12.5. The van der Waals surface area contributed by atoms with Gasteiger partial charge in [-0.2, -0.15) is 0 Å². The van der Waals surface area contributed by atoms with Gasteiger partial charge in [0.15, 0.2) is 0 Å². The van der Waals surface area contributed by atoms with Crippen molar-refractivity contribution in [3.8, 4) is 11.1 Å². The van der Waals surface area contributed by atoms with Crippen LogP contribution in [-0.4, -0.2) is 43.5 Å². The van der Waals surface area contributed by atoms with Crippen molar-refractivity contribution in [2.45, 2.75) is 18.9 Å². The lowest BCUT2D eigenvalue weighted by atomic mass is 10.0. The molecule has 3 rings (SSSR count). The normalized spacial score (nSPS) is 18.3. The van der Waals surface area contributed by atoms with Crippen molar-refractivity contribution in [3.63, 3.8) is 0 Å². The molecule has 126 valence electrons. The smallest absolute Gasteiger partial charge is 0.238 e. The van der Waals surface area contributed by atoms with Gasteiger partial charge >= 0.3 is 0 Å². The van der Waals surface area contributed by atoms with E-state index >= 15 is 0 Å². The fraction of sp³-hybridized carbons (Fsp3) is 0.350. The lowest BCUT2D eigenvalue weighted by Gasteiger charge is -2.32. The van der Waals surface area contributed by atoms with Gasteiger partial charge in [0.2, 0.25) is 5.91 Å². The molecule has 1 atom stereocenters. The largest absolute Gasteiger partial charge is 0.324 e. The Morgan fingerprint density at radius 3 is 2.67 bits per heavy atom. The Morgan fingerprint density at radius 1 is 1.12 bits per heavy atom. The summed E-state index contributed by atoms with van der Waals surface area (Å²) in [6, 6.07) is 18.6. The van der Waals surface area contributed by atoms with Crippen molar-refractivity contribution in [2.24, 2.45) is 0 Å². The van der Waals surface area contributed by atoms with Crippen LogP contribution in [0.3, 0.4) is 0 Å². The van der Waals surface area contributed by atoms with Gasteiger partial charge in [-0.25, -0.2) is 0 Å². The first-order valence-electron chi connectivity index (χ1n) is 8.60. The summed E-state index contributed by atoms with van der Waals surface area (Å²) in [6.45, 7) is 2.37. The number of piperidine rings is 1. The second-order valence-corrected chi connectivity index (χ2v) is 6.32. The molecule has 1 saturated heterocycles. The van der Waals surface area contributed by atoms with Crippen LogP contribution in [0.2, 0.25) is 0 Å². The molecule has 0 radical (unpaired) electrons. The molecule has 1 amide bonds. The fourth-order valence-electron chi connectivity index (χ4n) is 3.29. The standard InChI is InChI=1S/C20H25N3O/c1-21-17-10-7-13-23(14-17)15-20(24)22-19-12-6-5-11-18(19)16-8-3-2-4-9-16/h2-6,8-9,11-12,17,21H,7,10,13-15H2,1H3,(H,22,24). The first-order chi connectivity index (χ1) is 11.8. The predicted molar refractivity (Wildman–Crippen MR) is 99.0 cm³/mol. The Bertz CT molecular complexity index is 672. The molecule has 1 aliphatic heterocycles. The highest BCUT2D eigenvalue weighted by atomic mass is 16.2. The van der Waals surface area contributed by atoms with Crippen LogP contribution in [0.4, 0.5) is 5.69 Å². The Kier molecular flexibility index (Phi) is 5.62. The zero-order valence-corrected chi connectivity index (χ0v) is 14.2. The highest BCUT2D eigenvalue weighted by Crippen LogP contribution is 2.27. The van der Waals surface area contributed by atoms with Gasteiger partial charge in [0.25, 0.3) is 0 Å². The average Bonchev–Trinajstić information content (AvgIpc) is 2.63. The summed E-state index contributed by atoms with van der Waals surface area (Å²) in [6.07, 6.45) is 2.32. The molecule has 0 saturated carbocycles. The van der Waals surface area contributed by atoms with Crippen LogP contribution in [0.5, 0.6) is 0 Å². The topological polar surface area (TPSA) is 44.4 Å². The summed E-state index contributed by atoms with van der Waals surface area (Å²) in [5.41, 5.74) is 3.04. The van der Waals surface area contributed by atoms with Crippen LogP contribution < -0.4 is 10.6 Å². The van der Waals surface area contributed by atoms with Gasteiger partial charge in [-0.1, -0.05) is 48.5 Å². The molecule has 2 N–H and O–H groups in total. The molecule has 24 heavy (non-hydrogen) atoms. The summed E-state index contributed by atoms with van der Waals surface area (Å²) in [5, 5.41) is 6.40. The number of carbonyl (C=O) groups is 1. The van der Waals surface area contributed by atoms with Crippen LogP contribution in [-0.2, 0) is 4.79 Å². The summed E-state index contributed by atoms with van der Waals surface area (Å²) >= 11 is 0. The van der Waals surface area contributed by atoms with E-state index in [4.69, 9.17) is 0 Å². The van der Waals surface area contributed by atoms with Gasteiger partial charge in [0, 0.05) is 23.8 Å². The molecule has 1 heterocycles. The van der Waals surface area contributed by atoms with Crippen molar-refractivity contribution in [2.75, 3.05) is 32.0 Å². The number of benzene rings is 2. The highest BCUT2D eigenvalue weighted by Gasteiger charge is 2.20. The van der Waals surface area contributed by atoms with E-state index in [1.165, 1.54) is 6.42 Å². The Morgan fingerprint density at radius 2 is 1.88 bits per heavy atom. The molecule has 1 fully saturated rings. The van der Waals surface area contributed by atoms with Gasteiger partial charge in [0.1, 0.15) is 0 Å². The Balaban J connectivity index is 1.67. The number of nitrogens with one attached hydrogen (secondary N) is 2. The van der Waals surface area contributed by atoms with E-state index in [1.54, 1.807) is 0 Å². The quantitative estimate of drug-likeness (QED) is 0.889. The van der Waals surface area contributed by atoms with E-state index in [9.17, 15) is 4.79 Å². The van der Waals surface area contributed by atoms with E-state index in [1.807, 2.05) is 49.5 Å². The number of hydrogen-bond acceptors (Lipinski definition) is 3. The minimum atomic E-state index is 0.0511. The Labute approximate surface area is 143 Å². The van der Waals surface area contributed by atoms with E-state index < -0.39 is 0 Å². The average molecular weight is 323 g/mol. The van der Waals surface area contributed by atoms with Crippen LogP contribution in [0.25, 0.3) is 11.1 Å². The molecular formula is C20H25N3O. The monoisotopic (exact) mass is 323 g/mol. The van der Waals surface area contributed by atoms with Gasteiger partial charge in [-0.3, -0.25) is 9.69 Å². The van der Waals surface area contributed by atoms with Gasteiger partial charge in [-0.05, 0) is 38.1 Å². The molecular weight excluding hydrogens is 298 g/mol. The molecule has 2 aromatic carbocycles. The van der Waals surface area contributed by atoms with Crippen molar-refractivity contribution in [1.82, 2.24) is 10.2 Å². The number of carbonyl (C=O) groups excluding carboxylic acids is 1. The molecule has 4 heteroatoms. The van der Waals surface area contributed by atoms with Gasteiger partial charge < -0.3 is 10.6 Å². The zero-order valence-electron chi connectivity index (χ0n) is 14.2. The molecule has 0 spiro atoms. The van der Waals surface area contributed by atoms with Crippen molar-refractivity contribution < 1.29 is 4.79 Å². The number of likely N-dealkylation sites (tertiary alicyclic amines) is 1. The van der Waals surface area contributed by atoms with E-state index in [0.29, 0.717) is 12.6 Å². The summed E-state index contributed by atoms with van der Waals surface area (Å²) < 4.78 is 0. The first-order valence-corrected chi connectivity index (χ1v) is 8.60. The van der Waals surface area contributed by atoms with E-state index in [2.05, 4.69) is 27.7 Å². The molecule has 2 aromatic rings. The fourth-order valence-corrected chi connectivity index (χ4v) is 3.29. The number of amides is 1.